The fourth-order valence-corrected chi connectivity index (χ4v) is 5.15. The molecule has 0 bridgehead atoms. The van der Waals surface area contributed by atoms with E-state index in [1.54, 1.807) is 0 Å². The predicted octanol–water partition coefficient (Wildman–Crippen LogP) is 3.85. The van der Waals surface area contributed by atoms with Crippen LogP contribution in [0.2, 0.25) is 0 Å². The van der Waals surface area contributed by atoms with Gasteiger partial charge in [-0.05, 0) is 0 Å². The van der Waals surface area contributed by atoms with Gasteiger partial charge in [-0.2, -0.15) is 0 Å². The van der Waals surface area contributed by atoms with E-state index >= 15 is 0 Å². The van der Waals surface area contributed by atoms with E-state index in [0.29, 0.717) is 0 Å². The predicted molar refractivity (Wildman–Crippen MR) is 54.5 cm³/mol. The molecule has 0 amide bonds. The van der Waals surface area contributed by atoms with E-state index in [4.69, 9.17) is 17.0 Å². The van der Waals surface area contributed by atoms with Crippen molar-refractivity contribution in [1.29, 1.82) is 0 Å². The van der Waals surface area contributed by atoms with Crippen LogP contribution in [0.4, 0.5) is 0 Å². The molecular formula is C10H9Cl2Zr. The van der Waals surface area contributed by atoms with Gasteiger partial charge in [-0.25, -0.2) is 0 Å². The molecule has 0 heterocycles. The third-order valence-corrected chi connectivity index (χ3v) is 10.2. The average Bonchev–Trinajstić information content (AvgIpc) is 2.47. The van der Waals surface area contributed by atoms with Crippen LogP contribution in [0.5, 0.6) is 0 Å². The molecule has 0 aromatic heterocycles. The minimum atomic E-state index is -2.27. The molecule has 1 unspecified atom stereocenters. The molecule has 0 radical (unpaired) electrons. The van der Waals surface area contributed by atoms with Crippen LogP contribution in [0.1, 0.15) is 18.1 Å². The molecule has 67 valence electrons. The monoisotopic (exact) mass is 289 g/mol. The zero-order chi connectivity index (χ0) is 9.47. The Bertz CT molecular complexity index is 360. The van der Waals surface area contributed by atoms with Crippen LogP contribution in [0, 0.1) is 0 Å². The Morgan fingerprint density at radius 3 is 2.62 bits per heavy atom. The summed E-state index contributed by atoms with van der Waals surface area (Å²) < 4.78 is -0.0258. The first kappa shape index (κ1) is 9.96. The molecule has 1 aromatic rings. The summed E-state index contributed by atoms with van der Waals surface area (Å²) in [7, 11) is 12.3. The van der Waals surface area contributed by atoms with Crippen molar-refractivity contribution in [3.63, 3.8) is 0 Å². The van der Waals surface area contributed by atoms with Crippen molar-refractivity contribution in [3.8, 4) is 0 Å². The zero-order valence-corrected chi connectivity index (χ0v) is 11.2. The van der Waals surface area contributed by atoms with Crippen LogP contribution < -0.4 is 0 Å². The van der Waals surface area contributed by atoms with E-state index in [1.165, 1.54) is 11.1 Å². The Morgan fingerprint density at radius 2 is 1.92 bits per heavy atom. The van der Waals surface area contributed by atoms with Gasteiger partial charge in [0.25, 0.3) is 0 Å². The van der Waals surface area contributed by atoms with Crippen molar-refractivity contribution in [2.24, 2.45) is 0 Å². The Balaban J connectivity index is 2.55. The number of hydrogen-bond donors (Lipinski definition) is 0. The van der Waals surface area contributed by atoms with Crippen molar-refractivity contribution in [3.05, 3.63) is 41.5 Å². The molecule has 0 saturated carbocycles. The fraction of sp³-hybridized carbons (Fsp3) is 0.200. The summed E-state index contributed by atoms with van der Waals surface area (Å²) in [5.41, 5.74) is 2.57. The van der Waals surface area contributed by atoms with Gasteiger partial charge in [0, 0.05) is 0 Å². The van der Waals surface area contributed by atoms with E-state index in [2.05, 4.69) is 31.2 Å². The first-order valence-corrected chi connectivity index (χ1v) is 11.7. The van der Waals surface area contributed by atoms with E-state index in [-0.39, 0.29) is 3.12 Å². The third kappa shape index (κ3) is 1.56. The molecule has 1 atom stereocenters. The molecule has 0 aliphatic heterocycles. The first-order chi connectivity index (χ1) is 6.14. The molecule has 2 rings (SSSR count). The third-order valence-electron chi connectivity index (χ3n) is 2.51. The van der Waals surface area contributed by atoms with Crippen molar-refractivity contribution in [2.75, 3.05) is 0 Å². The number of allylic oxidation sites excluding steroid dienone is 1. The second-order valence-corrected chi connectivity index (χ2v) is 12.8. The quantitative estimate of drug-likeness (QED) is 0.737. The maximum absolute atomic E-state index is 6.16. The van der Waals surface area contributed by atoms with Gasteiger partial charge in [0.2, 0.25) is 0 Å². The minimum absolute atomic E-state index is 0.0258. The van der Waals surface area contributed by atoms with E-state index in [0.717, 1.165) is 0 Å². The Morgan fingerprint density at radius 1 is 1.23 bits per heavy atom. The van der Waals surface area contributed by atoms with Crippen molar-refractivity contribution < 1.29 is 19.4 Å². The van der Waals surface area contributed by atoms with Crippen LogP contribution in [-0.4, -0.2) is 0 Å². The molecule has 0 nitrogen and oxygen atoms in total. The van der Waals surface area contributed by atoms with Crippen molar-refractivity contribution in [1.82, 2.24) is 0 Å². The summed E-state index contributed by atoms with van der Waals surface area (Å²) >= 11 is -2.27. The number of benzene rings is 1. The Kier molecular flexibility index (Phi) is 2.71. The van der Waals surface area contributed by atoms with Gasteiger partial charge in [0.05, 0.1) is 0 Å². The molecule has 13 heavy (non-hydrogen) atoms. The summed E-state index contributed by atoms with van der Waals surface area (Å²) in [6.45, 7) is 2.14. The maximum atomic E-state index is 6.16. The normalized spacial score (nSPS) is 24.5. The van der Waals surface area contributed by atoms with Crippen LogP contribution in [0.25, 0.3) is 6.08 Å². The topological polar surface area (TPSA) is 0 Å². The summed E-state index contributed by atoms with van der Waals surface area (Å²) in [5.74, 6) is 0. The molecule has 1 aromatic carbocycles. The number of hydrogen-bond acceptors (Lipinski definition) is 0. The zero-order valence-electron chi connectivity index (χ0n) is 7.22. The number of halogens is 2. The van der Waals surface area contributed by atoms with E-state index < -0.39 is 19.4 Å². The number of fused-ring (bicyclic) bond motifs is 1. The second-order valence-electron chi connectivity index (χ2n) is 3.38. The summed E-state index contributed by atoms with van der Waals surface area (Å²) in [6.07, 6.45) is 4.28. The molecule has 0 fully saturated rings. The van der Waals surface area contributed by atoms with Gasteiger partial charge in [-0.15, -0.1) is 0 Å². The Hall–Kier alpha value is 0.423. The van der Waals surface area contributed by atoms with E-state index in [1.807, 2.05) is 12.1 Å². The summed E-state index contributed by atoms with van der Waals surface area (Å²) in [4.78, 5) is 0. The van der Waals surface area contributed by atoms with E-state index in [9.17, 15) is 0 Å². The Labute approximate surface area is 93.3 Å². The SMILES string of the molecule is C[C]1([Zr]([Cl])[Cl])C=Cc2ccccc21. The van der Waals surface area contributed by atoms with Gasteiger partial charge < -0.3 is 0 Å². The molecule has 0 saturated heterocycles. The average molecular weight is 291 g/mol. The van der Waals surface area contributed by atoms with Crippen molar-refractivity contribution >= 4 is 23.1 Å². The van der Waals surface area contributed by atoms with Gasteiger partial charge in [-0.3, -0.25) is 0 Å². The number of rotatable bonds is 1. The fourth-order valence-electron chi connectivity index (χ4n) is 1.63. The van der Waals surface area contributed by atoms with Crippen LogP contribution in [0.15, 0.2) is 30.3 Å². The van der Waals surface area contributed by atoms with Crippen LogP contribution in [0.3, 0.4) is 0 Å². The van der Waals surface area contributed by atoms with Crippen molar-refractivity contribution in [2.45, 2.75) is 10.0 Å². The van der Waals surface area contributed by atoms with Gasteiger partial charge in [-0.1, -0.05) is 0 Å². The van der Waals surface area contributed by atoms with Crippen LogP contribution >= 0.6 is 17.0 Å². The van der Waals surface area contributed by atoms with Gasteiger partial charge >= 0.3 is 94.0 Å². The first-order valence-electron chi connectivity index (χ1n) is 4.12. The molecule has 1 aliphatic rings. The molecular weight excluding hydrogens is 282 g/mol. The standard InChI is InChI=1S/C10H9.2ClH.Zr/c1-8-6-7-9-4-2-3-5-10(8)9;;;/h2-7H,1H3;2*1H;/q;;;+2/p-2. The summed E-state index contributed by atoms with van der Waals surface area (Å²) in [5, 5.41) is 0. The second kappa shape index (κ2) is 3.53. The van der Waals surface area contributed by atoms with Gasteiger partial charge in [0.1, 0.15) is 0 Å². The van der Waals surface area contributed by atoms with Crippen LogP contribution in [-0.2, 0) is 22.5 Å². The molecule has 0 spiro atoms. The molecule has 0 N–H and O–H groups in total. The summed E-state index contributed by atoms with van der Waals surface area (Å²) in [6, 6.07) is 8.32. The molecule has 3 heteroatoms. The molecule has 1 aliphatic carbocycles. The van der Waals surface area contributed by atoms with Gasteiger partial charge in [0.15, 0.2) is 0 Å².